The Kier molecular flexibility index (Phi) is 3.66. The molecule has 2 rings (SSSR count). The molecule has 0 aromatic heterocycles. The zero-order valence-electron chi connectivity index (χ0n) is 10.3. The van der Waals surface area contributed by atoms with Crippen LogP contribution in [0.1, 0.15) is 19.3 Å². The van der Waals surface area contributed by atoms with Gasteiger partial charge in [0.25, 0.3) is 0 Å². The van der Waals surface area contributed by atoms with Gasteiger partial charge in [-0.1, -0.05) is 0 Å². The number of nitrogens with zero attached hydrogens (tertiary/aromatic N) is 2. The molecule has 2 unspecified atom stereocenters. The van der Waals surface area contributed by atoms with Crippen LogP contribution in [-0.2, 0) is 9.59 Å². The van der Waals surface area contributed by atoms with E-state index in [9.17, 15) is 9.59 Å². The van der Waals surface area contributed by atoms with Crippen LogP contribution in [0.3, 0.4) is 0 Å². The zero-order valence-corrected chi connectivity index (χ0v) is 10.3. The molecule has 2 aliphatic rings. The SMILES string of the molecule is CN1CCN(C(=O)C2CCC(C(=O)O)C2)CC1. The van der Waals surface area contributed by atoms with Gasteiger partial charge < -0.3 is 14.9 Å². The largest absolute Gasteiger partial charge is 0.481 e. The summed E-state index contributed by atoms with van der Waals surface area (Å²) in [5.41, 5.74) is 0. The van der Waals surface area contributed by atoms with Crippen molar-refractivity contribution in [3.05, 3.63) is 0 Å². The summed E-state index contributed by atoms with van der Waals surface area (Å²) in [6.07, 6.45) is 1.92. The number of hydrogen-bond acceptors (Lipinski definition) is 3. The molecule has 17 heavy (non-hydrogen) atoms. The lowest BCUT2D eigenvalue weighted by Crippen LogP contribution is -2.48. The van der Waals surface area contributed by atoms with E-state index in [0.717, 1.165) is 32.6 Å². The number of carbonyl (C=O) groups excluding carboxylic acids is 1. The van der Waals surface area contributed by atoms with E-state index in [1.807, 2.05) is 4.90 Å². The van der Waals surface area contributed by atoms with E-state index >= 15 is 0 Å². The molecule has 2 atom stereocenters. The molecule has 2 fully saturated rings. The summed E-state index contributed by atoms with van der Waals surface area (Å²) in [5, 5.41) is 8.93. The van der Waals surface area contributed by atoms with Crippen LogP contribution in [0.15, 0.2) is 0 Å². The molecule has 1 N–H and O–H groups in total. The molecule has 1 aliphatic carbocycles. The normalized spacial score (nSPS) is 30.5. The quantitative estimate of drug-likeness (QED) is 0.752. The molecule has 5 heteroatoms. The Labute approximate surface area is 101 Å². The number of aliphatic carboxylic acids is 1. The standard InChI is InChI=1S/C12H20N2O3/c1-13-4-6-14(7-5-13)11(15)9-2-3-10(8-9)12(16)17/h9-10H,2-8H2,1H3,(H,16,17). The summed E-state index contributed by atoms with van der Waals surface area (Å²) >= 11 is 0. The summed E-state index contributed by atoms with van der Waals surface area (Å²) in [5.74, 6) is -0.948. The van der Waals surface area contributed by atoms with Gasteiger partial charge in [0.2, 0.25) is 5.91 Å². The number of carbonyl (C=O) groups is 2. The Morgan fingerprint density at radius 2 is 1.65 bits per heavy atom. The van der Waals surface area contributed by atoms with Crippen LogP contribution < -0.4 is 0 Å². The fourth-order valence-corrected chi connectivity index (χ4v) is 2.72. The average Bonchev–Trinajstić information content (AvgIpc) is 2.78. The summed E-state index contributed by atoms with van der Waals surface area (Å²) < 4.78 is 0. The van der Waals surface area contributed by atoms with Crippen LogP contribution in [-0.4, -0.2) is 60.0 Å². The van der Waals surface area contributed by atoms with Crippen molar-refractivity contribution >= 4 is 11.9 Å². The van der Waals surface area contributed by atoms with Crippen LogP contribution in [0.25, 0.3) is 0 Å². The predicted octanol–water partition coefficient (Wildman–Crippen LogP) is 0.261. The van der Waals surface area contributed by atoms with Crippen molar-refractivity contribution in [3.63, 3.8) is 0 Å². The number of carboxylic acids is 1. The molecule has 0 aromatic rings. The molecule has 1 heterocycles. The van der Waals surface area contributed by atoms with Crippen molar-refractivity contribution in [1.29, 1.82) is 0 Å². The van der Waals surface area contributed by atoms with Gasteiger partial charge in [-0.15, -0.1) is 0 Å². The Balaban J connectivity index is 1.86. The van der Waals surface area contributed by atoms with Crippen LogP contribution in [0.4, 0.5) is 0 Å². The molecule has 0 spiro atoms. The highest BCUT2D eigenvalue weighted by Crippen LogP contribution is 2.32. The third kappa shape index (κ3) is 2.77. The predicted molar refractivity (Wildman–Crippen MR) is 62.5 cm³/mol. The van der Waals surface area contributed by atoms with Crippen molar-refractivity contribution in [2.75, 3.05) is 33.2 Å². The Morgan fingerprint density at radius 1 is 1.06 bits per heavy atom. The monoisotopic (exact) mass is 240 g/mol. The zero-order chi connectivity index (χ0) is 12.4. The fraction of sp³-hybridized carbons (Fsp3) is 0.833. The van der Waals surface area contributed by atoms with E-state index in [0.29, 0.717) is 12.8 Å². The lowest BCUT2D eigenvalue weighted by atomic mass is 10.0. The molecule has 1 saturated heterocycles. The summed E-state index contributed by atoms with van der Waals surface area (Å²) in [7, 11) is 2.05. The highest BCUT2D eigenvalue weighted by Gasteiger charge is 2.36. The topological polar surface area (TPSA) is 60.9 Å². The van der Waals surface area contributed by atoms with Gasteiger partial charge in [-0.25, -0.2) is 0 Å². The van der Waals surface area contributed by atoms with Crippen LogP contribution in [0.5, 0.6) is 0 Å². The summed E-state index contributed by atoms with van der Waals surface area (Å²) in [4.78, 5) is 27.2. The maximum atomic E-state index is 12.2. The first-order valence-corrected chi connectivity index (χ1v) is 6.28. The van der Waals surface area contributed by atoms with Crippen LogP contribution >= 0.6 is 0 Å². The Bertz CT molecular complexity index is 311. The minimum absolute atomic E-state index is 0.0560. The minimum atomic E-state index is -0.751. The summed E-state index contributed by atoms with van der Waals surface area (Å²) in [6.45, 7) is 3.40. The molecule has 0 radical (unpaired) electrons. The first-order chi connectivity index (χ1) is 8.08. The average molecular weight is 240 g/mol. The van der Waals surface area contributed by atoms with Crippen LogP contribution in [0.2, 0.25) is 0 Å². The van der Waals surface area contributed by atoms with Gasteiger partial charge >= 0.3 is 5.97 Å². The van der Waals surface area contributed by atoms with Gasteiger partial charge in [0.05, 0.1) is 5.92 Å². The van der Waals surface area contributed by atoms with E-state index in [-0.39, 0.29) is 17.7 Å². The second-order valence-electron chi connectivity index (χ2n) is 5.17. The molecule has 1 saturated carbocycles. The van der Waals surface area contributed by atoms with E-state index in [1.165, 1.54) is 0 Å². The van der Waals surface area contributed by atoms with Crippen molar-refractivity contribution in [1.82, 2.24) is 9.80 Å². The van der Waals surface area contributed by atoms with Crippen molar-refractivity contribution in [2.24, 2.45) is 11.8 Å². The van der Waals surface area contributed by atoms with Gasteiger partial charge in [0.1, 0.15) is 0 Å². The highest BCUT2D eigenvalue weighted by atomic mass is 16.4. The Hall–Kier alpha value is -1.10. The second kappa shape index (κ2) is 5.04. The number of rotatable bonds is 2. The van der Waals surface area contributed by atoms with E-state index in [4.69, 9.17) is 5.11 Å². The summed E-state index contributed by atoms with van der Waals surface area (Å²) in [6, 6.07) is 0. The van der Waals surface area contributed by atoms with E-state index in [1.54, 1.807) is 0 Å². The molecule has 0 bridgehead atoms. The molecule has 96 valence electrons. The molecular weight excluding hydrogens is 220 g/mol. The first-order valence-electron chi connectivity index (χ1n) is 6.28. The van der Waals surface area contributed by atoms with Crippen molar-refractivity contribution in [2.45, 2.75) is 19.3 Å². The van der Waals surface area contributed by atoms with Gasteiger partial charge in [0, 0.05) is 32.1 Å². The van der Waals surface area contributed by atoms with Crippen molar-refractivity contribution < 1.29 is 14.7 Å². The first kappa shape index (κ1) is 12.4. The number of hydrogen-bond donors (Lipinski definition) is 1. The third-order valence-electron chi connectivity index (χ3n) is 3.95. The third-order valence-corrected chi connectivity index (χ3v) is 3.95. The number of piperazine rings is 1. The minimum Gasteiger partial charge on any atom is -0.481 e. The van der Waals surface area contributed by atoms with Gasteiger partial charge in [0.15, 0.2) is 0 Å². The number of amides is 1. The fourth-order valence-electron chi connectivity index (χ4n) is 2.72. The van der Waals surface area contributed by atoms with E-state index in [2.05, 4.69) is 11.9 Å². The maximum absolute atomic E-state index is 12.2. The van der Waals surface area contributed by atoms with Gasteiger partial charge in [-0.3, -0.25) is 9.59 Å². The molecule has 1 amide bonds. The number of likely N-dealkylation sites (N-methyl/N-ethyl adjacent to an activating group) is 1. The molecule has 0 aromatic carbocycles. The van der Waals surface area contributed by atoms with Gasteiger partial charge in [-0.05, 0) is 26.3 Å². The Morgan fingerprint density at radius 3 is 2.18 bits per heavy atom. The number of carboxylic acid groups (broad SMARTS) is 1. The molecule has 1 aliphatic heterocycles. The lowest BCUT2D eigenvalue weighted by molar-refractivity contribution is -0.141. The lowest BCUT2D eigenvalue weighted by Gasteiger charge is -2.34. The smallest absolute Gasteiger partial charge is 0.306 e. The molecular formula is C12H20N2O3. The van der Waals surface area contributed by atoms with E-state index < -0.39 is 5.97 Å². The van der Waals surface area contributed by atoms with Crippen molar-refractivity contribution in [3.8, 4) is 0 Å². The van der Waals surface area contributed by atoms with Crippen LogP contribution in [0, 0.1) is 11.8 Å². The highest BCUT2D eigenvalue weighted by molar-refractivity contribution is 5.81. The second-order valence-corrected chi connectivity index (χ2v) is 5.17. The maximum Gasteiger partial charge on any atom is 0.306 e. The molecule has 5 nitrogen and oxygen atoms in total. The van der Waals surface area contributed by atoms with Gasteiger partial charge in [-0.2, -0.15) is 0 Å².